The fourth-order valence-corrected chi connectivity index (χ4v) is 2.69. The normalized spacial score (nSPS) is 11.5. The standard InChI is InChI=1S/C14H3F10O3P/c1-2-28(25,26-13-9(21)5(17)3(15)6(18)10(13)22)27-14-11(23)7(19)4(16)8(20)12(14)24/h2H,1H2. The Hall–Kier alpha value is -2.69. The molecular weight excluding hydrogens is 437 g/mol. The molecule has 0 N–H and O–H groups in total. The summed E-state index contributed by atoms with van der Waals surface area (Å²) in [6, 6.07) is 0. The second-order valence-electron chi connectivity index (χ2n) is 4.70. The van der Waals surface area contributed by atoms with Crippen molar-refractivity contribution in [1.82, 2.24) is 0 Å². The molecule has 0 heterocycles. The Labute approximate surface area is 148 Å². The third-order valence-corrected chi connectivity index (χ3v) is 4.32. The molecule has 0 fully saturated rings. The van der Waals surface area contributed by atoms with Gasteiger partial charge in [-0.2, -0.15) is 17.6 Å². The van der Waals surface area contributed by atoms with Crippen LogP contribution in [0.15, 0.2) is 12.4 Å². The summed E-state index contributed by atoms with van der Waals surface area (Å²) in [5.41, 5.74) is 0. The van der Waals surface area contributed by atoms with Gasteiger partial charge < -0.3 is 9.05 Å². The van der Waals surface area contributed by atoms with E-state index >= 15 is 0 Å². The minimum absolute atomic E-state index is 0.0386. The van der Waals surface area contributed by atoms with Crippen molar-refractivity contribution in [2.45, 2.75) is 0 Å². The Bertz CT molecular complexity index is 905. The number of hydrogen-bond donors (Lipinski definition) is 0. The fourth-order valence-electron chi connectivity index (χ4n) is 1.68. The van der Waals surface area contributed by atoms with Crippen molar-refractivity contribution >= 4 is 7.60 Å². The van der Waals surface area contributed by atoms with Crippen molar-refractivity contribution in [2.75, 3.05) is 0 Å². The summed E-state index contributed by atoms with van der Waals surface area (Å²) in [7, 11) is -5.47. The predicted octanol–water partition coefficient (Wildman–Crippen LogP) is 5.87. The molecule has 2 aromatic carbocycles. The highest BCUT2D eigenvalue weighted by atomic mass is 31.2. The van der Waals surface area contributed by atoms with E-state index in [9.17, 15) is 48.5 Å². The average Bonchev–Trinajstić information content (AvgIpc) is 2.68. The average molecular weight is 440 g/mol. The van der Waals surface area contributed by atoms with Crippen molar-refractivity contribution in [3.63, 3.8) is 0 Å². The van der Waals surface area contributed by atoms with Gasteiger partial charge in [-0.05, 0) is 0 Å². The van der Waals surface area contributed by atoms with Crippen molar-refractivity contribution in [3.05, 3.63) is 70.6 Å². The molecule has 0 aromatic heterocycles. The lowest BCUT2D eigenvalue weighted by atomic mass is 10.3. The summed E-state index contributed by atoms with van der Waals surface area (Å²) in [6.07, 6.45) is 0. The van der Waals surface area contributed by atoms with E-state index in [0.29, 0.717) is 0 Å². The van der Waals surface area contributed by atoms with E-state index in [0.717, 1.165) is 0 Å². The van der Waals surface area contributed by atoms with Gasteiger partial charge in [0.2, 0.25) is 69.7 Å². The Balaban J connectivity index is 2.59. The molecule has 2 rings (SSSR count). The van der Waals surface area contributed by atoms with Gasteiger partial charge in [0.05, 0.1) is 0 Å². The van der Waals surface area contributed by atoms with Gasteiger partial charge in [-0.3, -0.25) is 0 Å². The smallest absolute Gasteiger partial charge is 0.407 e. The molecule has 2 aromatic rings. The lowest BCUT2D eigenvalue weighted by Gasteiger charge is -2.19. The summed E-state index contributed by atoms with van der Waals surface area (Å²) in [4.78, 5) is 0. The third-order valence-electron chi connectivity index (χ3n) is 3.00. The van der Waals surface area contributed by atoms with Crippen LogP contribution in [0.5, 0.6) is 11.5 Å². The highest BCUT2D eigenvalue weighted by Gasteiger charge is 2.36. The predicted molar refractivity (Wildman–Crippen MR) is 71.5 cm³/mol. The second-order valence-corrected chi connectivity index (χ2v) is 6.51. The Morgan fingerprint density at radius 2 is 0.750 bits per heavy atom. The van der Waals surface area contributed by atoms with Crippen molar-refractivity contribution in [3.8, 4) is 11.5 Å². The first-order valence-electron chi connectivity index (χ1n) is 6.51. The van der Waals surface area contributed by atoms with Crippen LogP contribution in [-0.4, -0.2) is 0 Å². The van der Waals surface area contributed by atoms with E-state index in [-0.39, 0.29) is 5.82 Å². The molecule has 28 heavy (non-hydrogen) atoms. The zero-order chi connectivity index (χ0) is 21.5. The highest BCUT2D eigenvalue weighted by molar-refractivity contribution is 7.58. The first kappa shape index (κ1) is 21.6. The highest BCUT2D eigenvalue weighted by Crippen LogP contribution is 2.52. The Kier molecular flexibility index (Phi) is 5.69. The quantitative estimate of drug-likeness (QED) is 0.253. The van der Waals surface area contributed by atoms with Crippen LogP contribution in [0.4, 0.5) is 43.9 Å². The summed E-state index contributed by atoms with van der Waals surface area (Å²) in [5, 5.41) is 0. The van der Waals surface area contributed by atoms with Crippen LogP contribution in [0.25, 0.3) is 0 Å². The molecular formula is C14H3F10O3P. The fraction of sp³-hybridized carbons (Fsp3) is 0. The molecule has 0 spiro atoms. The number of rotatable bonds is 5. The van der Waals surface area contributed by atoms with Crippen LogP contribution in [0.2, 0.25) is 0 Å². The SMILES string of the molecule is C=CP(=O)(Oc1c(F)c(F)c(F)c(F)c1F)Oc1c(F)c(F)c(F)c(F)c1F. The summed E-state index contributed by atoms with van der Waals surface area (Å²) in [6.45, 7) is 2.74. The summed E-state index contributed by atoms with van der Waals surface area (Å²) in [5.74, 6) is -30.5. The number of hydrogen-bond acceptors (Lipinski definition) is 3. The van der Waals surface area contributed by atoms with Gasteiger partial charge in [0.25, 0.3) is 0 Å². The maximum absolute atomic E-state index is 13.6. The first-order valence-corrected chi connectivity index (χ1v) is 8.12. The first-order chi connectivity index (χ1) is 12.9. The van der Waals surface area contributed by atoms with E-state index in [1.807, 2.05) is 0 Å². The number of benzene rings is 2. The maximum atomic E-state index is 13.6. The lowest BCUT2D eigenvalue weighted by Crippen LogP contribution is -2.10. The van der Waals surface area contributed by atoms with E-state index in [1.54, 1.807) is 0 Å². The minimum atomic E-state index is -5.47. The molecule has 0 atom stereocenters. The molecule has 0 amide bonds. The van der Waals surface area contributed by atoms with Crippen LogP contribution in [0, 0.1) is 58.2 Å². The van der Waals surface area contributed by atoms with E-state index in [4.69, 9.17) is 0 Å². The van der Waals surface area contributed by atoms with Gasteiger partial charge in [-0.25, -0.2) is 30.9 Å². The van der Waals surface area contributed by atoms with E-state index < -0.39 is 77.3 Å². The molecule has 0 aliphatic heterocycles. The van der Waals surface area contributed by atoms with Crippen LogP contribution in [0.3, 0.4) is 0 Å². The molecule has 0 saturated heterocycles. The lowest BCUT2D eigenvalue weighted by molar-refractivity contribution is 0.312. The van der Waals surface area contributed by atoms with Gasteiger partial charge in [0.1, 0.15) is 0 Å². The molecule has 14 heteroatoms. The van der Waals surface area contributed by atoms with Gasteiger partial charge in [-0.15, -0.1) is 0 Å². The molecule has 0 unspecified atom stereocenters. The Morgan fingerprint density at radius 3 is 0.964 bits per heavy atom. The molecule has 0 radical (unpaired) electrons. The van der Waals surface area contributed by atoms with Gasteiger partial charge >= 0.3 is 7.60 Å². The van der Waals surface area contributed by atoms with Crippen LogP contribution in [-0.2, 0) is 4.57 Å². The van der Waals surface area contributed by atoms with Gasteiger partial charge in [-0.1, -0.05) is 6.58 Å². The zero-order valence-electron chi connectivity index (χ0n) is 12.7. The van der Waals surface area contributed by atoms with Gasteiger partial charge in [0.15, 0.2) is 0 Å². The topological polar surface area (TPSA) is 35.5 Å². The van der Waals surface area contributed by atoms with Crippen molar-refractivity contribution in [2.24, 2.45) is 0 Å². The van der Waals surface area contributed by atoms with E-state index in [1.165, 1.54) is 0 Å². The molecule has 3 nitrogen and oxygen atoms in total. The molecule has 152 valence electrons. The zero-order valence-corrected chi connectivity index (χ0v) is 13.6. The minimum Gasteiger partial charge on any atom is -0.407 e. The van der Waals surface area contributed by atoms with Crippen LogP contribution in [0.1, 0.15) is 0 Å². The van der Waals surface area contributed by atoms with Crippen LogP contribution >= 0.6 is 7.60 Å². The molecule has 0 aliphatic rings. The second kappa shape index (κ2) is 7.38. The van der Waals surface area contributed by atoms with E-state index in [2.05, 4.69) is 15.6 Å². The monoisotopic (exact) mass is 440 g/mol. The van der Waals surface area contributed by atoms with Gasteiger partial charge in [0, 0.05) is 5.82 Å². The summed E-state index contributed by atoms with van der Waals surface area (Å²) < 4.78 is 153. The number of halogens is 10. The maximum Gasteiger partial charge on any atom is 0.455 e. The molecule has 0 saturated carbocycles. The molecule has 0 aliphatic carbocycles. The largest absolute Gasteiger partial charge is 0.455 e. The molecule has 0 bridgehead atoms. The van der Waals surface area contributed by atoms with Crippen molar-refractivity contribution in [1.29, 1.82) is 0 Å². The Morgan fingerprint density at radius 1 is 0.536 bits per heavy atom. The van der Waals surface area contributed by atoms with Crippen molar-refractivity contribution < 1.29 is 57.5 Å². The van der Waals surface area contributed by atoms with Crippen LogP contribution < -0.4 is 9.05 Å². The third kappa shape index (κ3) is 3.41. The summed E-state index contributed by atoms with van der Waals surface area (Å²) >= 11 is 0.